The zero-order valence-electron chi connectivity index (χ0n) is 4.87. The van der Waals surface area contributed by atoms with Crippen LogP contribution in [-0.4, -0.2) is 11.8 Å². The molecule has 0 spiro atoms. The first-order chi connectivity index (χ1) is 4.72. The molecule has 1 aromatic heterocycles. The summed E-state index contributed by atoms with van der Waals surface area (Å²) in [6.45, 7) is 0. The molecule has 1 heterocycles. The maximum Gasteiger partial charge on any atom is 0.243 e. The molecule has 0 amide bonds. The summed E-state index contributed by atoms with van der Waals surface area (Å²) in [4.78, 5) is 20.3. The average Bonchev–Trinajstić information content (AvgIpc) is 2.36. The van der Waals surface area contributed by atoms with Gasteiger partial charge in [0.1, 0.15) is 5.97 Å². The number of Topliss-reactive ketones (excluding diaryl/α,β-unsaturated/α-hetero) is 1. The van der Waals surface area contributed by atoms with E-state index >= 15 is 0 Å². The van der Waals surface area contributed by atoms with Crippen molar-refractivity contribution < 1.29 is 19.1 Å². The van der Waals surface area contributed by atoms with Crippen molar-refractivity contribution in [2.75, 3.05) is 0 Å². The van der Waals surface area contributed by atoms with Crippen molar-refractivity contribution in [3.05, 3.63) is 24.2 Å². The molecule has 4 heteroatoms. The summed E-state index contributed by atoms with van der Waals surface area (Å²) in [7, 11) is 0. The number of ketones is 1. The fraction of sp³-hybridized carbons (Fsp3) is 0. The van der Waals surface area contributed by atoms with E-state index in [9.17, 15) is 14.7 Å². The highest BCUT2D eigenvalue weighted by Crippen LogP contribution is 1.99. The molecule has 0 saturated carbocycles. The minimum Gasteiger partial charge on any atom is -0.541 e. The number of furan rings is 1. The van der Waals surface area contributed by atoms with E-state index in [0.29, 0.717) is 0 Å². The molecule has 0 atom stereocenters. The van der Waals surface area contributed by atoms with Gasteiger partial charge in [0.2, 0.25) is 5.78 Å². The van der Waals surface area contributed by atoms with E-state index in [0.717, 1.165) is 0 Å². The third-order valence-electron chi connectivity index (χ3n) is 0.930. The molecule has 1 aromatic rings. The van der Waals surface area contributed by atoms with Gasteiger partial charge in [0.25, 0.3) is 0 Å². The van der Waals surface area contributed by atoms with Crippen LogP contribution >= 0.6 is 0 Å². The van der Waals surface area contributed by atoms with Gasteiger partial charge in [-0.15, -0.1) is 0 Å². The molecule has 0 N–H and O–H groups in total. The monoisotopic (exact) mass is 139 g/mol. The van der Waals surface area contributed by atoms with Gasteiger partial charge in [0.05, 0.1) is 6.26 Å². The Hall–Kier alpha value is -1.58. The maximum absolute atomic E-state index is 10.4. The van der Waals surface area contributed by atoms with Crippen LogP contribution in [0.15, 0.2) is 22.8 Å². The molecule has 0 radical (unpaired) electrons. The second-order valence-electron chi connectivity index (χ2n) is 1.59. The number of rotatable bonds is 2. The highest BCUT2D eigenvalue weighted by atomic mass is 16.4. The Morgan fingerprint density at radius 1 is 1.50 bits per heavy atom. The van der Waals surface area contributed by atoms with E-state index in [1.54, 1.807) is 0 Å². The van der Waals surface area contributed by atoms with Gasteiger partial charge in [-0.3, -0.25) is 4.79 Å². The molecule has 0 fully saturated rings. The lowest BCUT2D eigenvalue weighted by molar-refractivity contribution is -0.296. The standard InChI is InChI=1S/C6H4O4/c7-5(6(8)9)4-2-1-3-10-4/h1-3H,(H,8,9)/p-1. The average molecular weight is 139 g/mol. The third-order valence-corrected chi connectivity index (χ3v) is 0.930. The Morgan fingerprint density at radius 2 is 2.20 bits per heavy atom. The molecule has 52 valence electrons. The Balaban J connectivity index is 2.88. The first-order valence-corrected chi connectivity index (χ1v) is 2.51. The number of hydrogen-bond donors (Lipinski definition) is 0. The summed E-state index contributed by atoms with van der Waals surface area (Å²) in [5.41, 5.74) is 0. The quantitative estimate of drug-likeness (QED) is 0.397. The third kappa shape index (κ3) is 1.05. The van der Waals surface area contributed by atoms with Gasteiger partial charge in [-0.1, -0.05) is 0 Å². The zero-order valence-corrected chi connectivity index (χ0v) is 4.87. The van der Waals surface area contributed by atoms with Crippen LogP contribution in [0.1, 0.15) is 10.6 Å². The Labute approximate surface area is 56.1 Å². The fourth-order valence-corrected chi connectivity index (χ4v) is 0.508. The summed E-state index contributed by atoms with van der Waals surface area (Å²) in [6.07, 6.45) is 1.22. The van der Waals surface area contributed by atoms with Crippen LogP contribution in [0.4, 0.5) is 0 Å². The van der Waals surface area contributed by atoms with E-state index in [2.05, 4.69) is 4.42 Å². The first-order valence-electron chi connectivity index (χ1n) is 2.51. The van der Waals surface area contributed by atoms with E-state index in [4.69, 9.17) is 0 Å². The van der Waals surface area contributed by atoms with Crippen LogP contribution in [0, 0.1) is 0 Å². The Kier molecular flexibility index (Phi) is 1.53. The second-order valence-corrected chi connectivity index (χ2v) is 1.59. The van der Waals surface area contributed by atoms with E-state index in [-0.39, 0.29) is 5.76 Å². The largest absolute Gasteiger partial charge is 0.541 e. The Morgan fingerprint density at radius 3 is 2.60 bits per heavy atom. The number of carboxylic acids is 1. The number of carbonyl (C=O) groups excluding carboxylic acids is 2. The topological polar surface area (TPSA) is 70.3 Å². The molecule has 1 rings (SSSR count). The summed E-state index contributed by atoms with van der Waals surface area (Å²) in [6, 6.07) is 2.69. The van der Waals surface area contributed by atoms with Crippen LogP contribution in [0.25, 0.3) is 0 Å². The molecule has 0 saturated heterocycles. The predicted molar refractivity (Wildman–Crippen MR) is 28.0 cm³/mol. The summed E-state index contributed by atoms with van der Waals surface area (Å²) < 4.78 is 4.49. The molecule has 0 aliphatic heterocycles. The number of carboxylic acid groups (broad SMARTS) is 1. The van der Waals surface area contributed by atoms with Gasteiger partial charge >= 0.3 is 0 Å². The van der Waals surface area contributed by atoms with Crippen molar-refractivity contribution >= 4 is 11.8 Å². The molecule has 0 aromatic carbocycles. The molecular formula is C6H3O4-. The molecular weight excluding hydrogens is 136 g/mol. The molecule has 4 nitrogen and oxygen atoms in total. The van der Waals surface area contributed by atoms with E-state index < -0.39 is 11.8 Å². The normalized spacial score (nSPS) is 9.20. The summed E-state index contributed by atoms with van der Waals surface area (Å²) in [5.74, 6) is -3.10. The van der Waals surface area contributed by atoms with E-state index in [1.165, 1.54) is 18.4 Å². The van der Waals surface area contributed by atoms with Crippen molar-refractivity contribution in [3.63, 3.8) is 0 Å². The Bertz CT molecular complexity index is 247. The maximum atomic E-state index is 10.4. The number of hydrogen-bond acceptors (Lipinski definition) is 4. The van der Waals surface area contributed by atoms with Crippen LogP contribution in [0.3, 0.4) is 0 Å². The summed E-state index contributed by atoms with van der Waals surface area (Å²) in [5, 5.41) is 9.88. The minimum atomic E-state index is -1.75. The van der Waals surface area contributed by atoms with Gasteiger partial charge in [-0.05, 0) is 12.1 Å². The molecule has 0 aliphatic carbocycles. The van der Waals surface area contributed by atoms with E-state index in [1.807, 2.05) is 0 Å². The first kappa shape index (κ1) is 6.54. The minimum absolute atomic E-state index is 0.208. The molecule has 0 unspecified atom stereocenters. The van der Waals surface area contributed by atoms with Crippen molar-refractivity contribution in [2.24, 2.45) is 0 Å². The van der Waals surface area contributed by atoms with Crippen molar-refractivity contribution in [3.8, 4) is 0 Å². The van der Waals surface area contributed by atoms with Crippen molar-refractivity contribution in [2.45, 2.75) is 0 Å². The summed E-state index contributed by atoms with van der Waals surface area (Å²) >= 11 is 0. The van der Waals surface area contributed by atoms with Gasteiger partial charge < -0.3 is 14.3 Å². The molecule has 0 aliphatic rings. The van der Waals surface area contributed by atoms with Crippen LogP contribution in [0.5, 0.6) is 0 Å². The zero-order chi connectivity index (χ0) is 7.56. The van der Waals surface area contributed by atoms with Crippen LogP contribution in [0.2, 0.25) is 0 Å². The predicted octanol–water partition coefficient (Wildman–Crippen LogP) is -0.788. The fourth-order valence-electron chi connectivity index (χ4n) is 0.508. The van der Waals surface area contributed by atoms with Crippen LogP contribution in [-0.2, 0) is 4.79 Å². The SMILES string of the molecule is O=C([O-])C(=O)c1ccco1. The number of aliphatic carboxylic acids is 1. The lowest BCUT2D eigenvalue weighted by atomic mass is 10.3. The van der Waals surface area contributed by atoms with Crippen LogP contribution < -0.4 is 5.11 Å². The second kappa shape index (κ2) is 2.34. The van der Waals surface area contributed by atoms with Gasteiger partial charge in [-0.2, -0.15) is 0 Å². The molecule has 0 bridgehead atoms. The number of carbonyl (C=O) groups is 2. The van der Waals surface area contributed by atoms with Gasteiger partial charge in [-0.25, -0.2) is 0 Å². The van der Waals surface area contributed by atoms with Gasteiger partial charge in [0.15, 0.2) is 5.76 Å². The van der Waals surface area contributed by atoms with Crippen molar-refractivity contribution in [1.29, 1.82) is 0 Å². The van der Waals surface area contributed by atoms with Gasteiger partial charge in [0, 0.05) is 0 Å². The lowest BCUT2D eigenvalue weighted by Crippen LogP contribution is -2.31. The molecule has 10 heavy (non-hydrogen) atoms. The highest BCUT2D eigenvalue weighted by molar-refractivity contribution is 6.38. The highest BCUT2D eigenvalue weighted by Gasteiger charge is 2.07. The lowest BCUT2D eigenvalue weighted by Gasteiger charge is -1.93. The smallest absolute Gasteiger partial charge is 0.243 e. The van der Waals surface area contributed by atoms with Crippen molar-refractivity contribution in [1.82, 2.24) is 0 Å².